The number of nitrogens with zero attached hydrogens (tertiary/aromatic N) is 5. The first kappa shape index (κ1) is 26.2. The van der Waals surface area contributed by atoms with Crippen LogP contribution in [0.3, 0.4) is 0 Å². The molecule has 0 spiro atoms. The topological polar surface area (TPSA) is 117 Å². The number of methoxy groups -OCH3 is 1. The third-order valence-corrected chi connectivity index (χ3v) is 8.44. The predicted octanol–water partition coefficient (Wildman–Crippen LogP) is 2.70. The van der Waals surface area contributed by atoms with E-state index in [-0.39, 0.29) is 24.0 Å². The van der Waals surface area contributed by atoms with Gasteiger partial charge in [0.05, 0.1) is 31.0 Å². The molecule has 1 aromatic carbocycles. The Morgan fingerprint density at radius 3 is 2.55 bits per heavy atom. The lowest BCUT2D eigenvalue weighted by atomic mass is 9.80. The summed E-state index contributed by atoms with van der Waals surface area (Å²) < 4.78 is 5.24. The molecule has 38 heavy (non-hydrogen) atoms. The second-order valence-corrected chi connectivity index (χ2v) is 11.0. The van der Waals surface area contributed by atoms with E-state index in [2.05, 4.69) is 21.8 Å². The number of piperidine rings is 1. The van der Waals surface area contributed by atoms with E-state index in [1.54, 1.807) is 19.4 Å². The number of rotatable bonds is 8. The number of benzene rings is 1. The van der Waals surface area contributed by atoms with Gasteiger partial charge in [-0.25, -0.2) is 4.98 Å². The number of hydrogen-bond donors (Lipinski definition) is 2. The van der Waals surface area contributed by atoms with Crippen LogP contribution in [0.4, 0.5) is 5.95 Å². The van der Waals surface area contributed by atoms with Gasteiger partial charge in [-0.2, -0.15) is 4.98 Å². The zero-order valence-corrected chi connectivity index (χ0v) is 22.3. The van der Waals surface area contributed by atoms with Crippen LogP contribution in [0.5, 0.6) is 5.88 Å². The maximum Gasteiger partial charge on any atom is 0.257 e. The van der Waals surface area contributed by atoms with Gasteiger partial charge in [0.15, 0.2) is 0 Å². The van der Waals surface area contributed by atoms with Crippen molar-refractivity contribution in [2.45, 2.75) is 50.5 Å². The molecule has 1 atom stereocenters. The minimum absolute atomic E-state index is 0.00327. The first-order chi connectivity index (χ1) is 18.4. The molecule has 0 bridgehead atoms. The second-order valence-electron chi connectivity index (χ2n) is 11.0. The smallest absolute Gasteiger partial charge is 0.257 e. The highest BCUT2D eigenvalue weighted by molar-refractivity contribution is 6.24. The van der Waals surface area contributed by atoms with Crippen molar-refractivity contribution in [3.05, 3.63) is 59.9 Å². The molecule has 1 aliphatic carbocycles. The van der Waals surface area contributed by atoms with E-state index >= 15 is 0 Å². The highest BCUT2D eigenvalue weighted by Crippen LogP contribution is 2.49. The van der Waals surface area contributed by atoms with Crippen LogP contribution in [0.25, 0.3) is 0 Å². The third kappa shape index (κ3) is 5.12. The van der Waals surface area contributed by atoms with Gasteiger partial charge < -0.3 is 25.4 Å². The van der Waals surface area contributed by atoms with Crippen LogP contribution in [0.2, 0.25) is 0 Å². The Balaban J connectivity index is 1.31. The number of carbonyl (C=O) groups is 1. The molecule has 9 heteroatoms. The van der Waals surface area contributed by atoms with Crippen molar-refractivity contribution in [1.82, 2.24) is 14.9 Å². The van der Waals surface area contributed by atoms with Crippen molar-refractivity contribution < 1.29 is 14.6 Å². The van der Waals surface area contributed by atoms with Gasteiger partial charge in [0.25, 0.3) is 5.91 Å². The van der Waals surface area contributed by atoms with Gasteiger partial charge in [0.2, 0.25) is 11.8 Å². The van der Waals surface area contributed by atoms with E-state index in [0.717, 1.165) is 50.0 Å². The Labute approximate surface area is 224 Å². The van der Waals surface area contributed by atoms with Crippen LogP contribution in [0.1, 0.15) is 44.6 Å². The van der Waals surface area contributed by atoms with Crippen LogP contribution < -0.4 is 15.4 Å². The zero-order valence-electron chi connectivity index (χ0n) is 22.3. The molecule has 3 N–H and O–H groups in total. The SMILES string of the molecule is COc1ccnc(N2CCC(N=C(C(=CN)C(=O)N3CCC(CO)(c4ccccc4)C3)C3(C)CC3)CC2)n1. The summed E-state index contributed by atoms with van der Waals surface area (Å²) in [5, 5.41) is 10.3. The molecule has 0 radical (unpaired) electrons. The van der Waals surface area contributed by atoms with Crippen molar-refractivity contribution in [3.8, 4) is 5.88 Å². The van der Waals surface area contributed by atoms with Crippen molar-refractivity contribution in [2.75, 3.05) is 44.8 Å². The number of aliphatic imine (C=N–C) groups is 1. The highest BCUT2D eigenvalue weighted by Gasteiger charge is 2.48. The van der Waals surface area contributed by atoms with Gasteiger partial charge in [-0.05, 0) is 37.7 Å². The molecule has 3 heterocycles. The summed E-state index contributed by atoms with van der Waals surface area (Å²) in [4.78, 5) is 31.9. The second kappa shape index (κ2) is 10.7. The van der Waals surface area contributed by atoms with Crippen molar-refractivity contribution in [3.63, 3.8) is 0 Å². The lowest BCUT2D eigenvalue weighted by Crippen LogP contribution is -2.40. The van der Waals surface area contributed by atoms with Gasteiger partial charge >= 0.3 is 0 Å². The molecule has 3 aliphatic rings. The summed E-state index contributed by atoms with van der Waals surface area (Å²) in [5.41, 5.74) is 7.96. The molecule has 2 aromatic rings. The standard InChI is InChI=1S/C29H38N6O3/c1-28(11-12-28)25(32-22-9-15-34(16-10-22)27-31-14-8-24(33-27)38-2)23(18-30)26(37)35-17-13-29(19-35,20-36)21-6-4-3-5-7-21/h3-8,14,18,22,36H,9-13,15-17,19-20,30H2,1-2H3. The minimum Gasteiger partial charge on any atom is -0.481 e. The van der Waals surface area contributed by atoms with Crippen molar-refractivity contribution in [2.24, 2.45) is 16.1 Å². The summed E-state index contributed by atoms with van der Waals surface area (Å²) in [6, 6.07) is 11.8. The number of anilines is 1. The quantitative estimate of drug-likeness (QED) is 0.408. The van der Waals surface area contributed by atoms with Gasteiger partial charge in [-0.15, -0.1) is 0 Å². The number of aliphatic hydroxyl groups excluding tert-OH is 1. The third-order valence-electron chi connectivity index (χ3n) is 8.44. The monoisotopic (exact) mass is 518 g/mol. The van der Waals surface area contributed by atoms with Gasteiger partial charge in [0, 0.05) is 55.5 Å². The Kier molecular flexibility index (Phi) is 7.38. The summed E-state index contributed by atoms with van der Waals surface area (Å²) in [6.45, 7) is 4.78. The average molecular weight is 519 g/mol. The van der Waals surface area contributed by atoms with Crippen LogP contribution in [0.15, 0.2) is 59.4 Å². The number of amides is 1. The summed E-state index contributed by atoms with van der Waals surface area (Å²) in [6.07, 6.45) is 7.56. The predicted molar refractivity (Wildman–Crippen MR) is 147 cm³/mol. The lowest BCUT2D eigenvalue weighted by Gasteiger charge is -2.32. The van der Waals surface area contributed by atoms with E-state index in [0.29, 0.717) is 36.9 Å². The maximum atomic E-state index is 13.8. The largest absolute Gasteiger partial charge is 0.481 e. The molecular formula is C29H38N6O3. The summed E-state index contributed by atoms with van der Waals surface area (Å²) in [7, 11) is 1.60. The van der Waals surface area contributed by atoms with Crippen molar-refractivity contribution in [1.29, 1.82) is 0 Å². The fourth-order valence-corrected chi connectivity index (χ4v) is 5.67. The molecule has 202 valence electrons. The lowest BCUT2D eigenvalue weighted by molar-refractivity contribution is -0.125. The Morgan fingerprint density at radius 2 is 1.92 bits per heavy atom. The Bertz CT molecular complexity index is 1200. The average Bonchev–Trinajstić information content (AvgIpc) is 3.56. The molecule has 3 fully saturated rings. The van der Waals surface area contributed by atoms with E-state index in [1.807, 2.05) is 35.2 Å². The number of nitrogens with two attached hydrogens (primary N) is 1. The van der Waals surface area contributed by atoms with Crippen LogP contribution >= 0.6 is 0 Å². The molecule has 1 aromatic heterocycles. The number of ether oxygens (including phenoxy) is 1. The molecule has 1 unspecified atom stereocenters. The molecule has 2 aliphatic heterocycles. The summed E-state index contributed by atoms with van der Waals surface area (Å²) in [5.74, 6) is 1.13. The molecule has 1 saturated carbocycles. The minimum atomic E-state index is -0.452. The van der Waals surface area contributed by atoms with Gasteiger partial charge in [0.1, 0.15) is 0 Å². The fourth-order valence-electron chi connectivity index (χ4n) is 5.67. The molecule has 5 rings (SSSR count). The number of aromatic nitrogens is 2. The van der Waals surface area contributed by atoms with Gasteiger partial charge in [-0.1, -0.05) is 37.3 Å². The first-order valence-electron chi connectivity index (χ1n) is 13.5. The van der Waals surface area contributed by atoms with E-state index < -0.39 is 5.41 Å². The van der Waals surface area contributed by atoms with Crippen LogP contribution in [-0.4, -0.2) is 77.5 Å². The molecule has 9 nitrogen and oxygen atoms in total. The Hall–Kier alpha value is -3.46. The van der Waals surface area contributed by atoms with Gasteiger partial charge in [-0.3, -0.25) is 9.79 Å². The highest BCUT2D eigenvalue weighted by atomic mass is 16.5. The normalized spacial score (nSPS) is 24.0. The number of likely N-dealkylation sites (tertiary alicyclic amines) is 1. The maximum absolute atomic E-state index is 13.8. The summed E-state index contributed by atoms with van der Waals surface area (Å²) >= 11 is 0. The van der Waals surface area contributed by atoms with E-state index in [4.69, 9.17) is 15.5 Å². The number of aliphatic hydroxyl groups is 1. The van der Waals surface area contributed by atoms with Crippen molar-refractivity contribution >= 4 is 17.6 Å². The molecule has 2 saturated heterocycles. The number of hydrogen-bond acceptors (Lipinski definition) is 8. The van der Waals surface area contributed by atoms with E-state index in [9.17, 15) is 9.90 Å². The first-order valence-corrected chi connectivity index (χ1v) is 13.5. The number of carbonyl (C=O) groups excluding carboxylic acids is 1. The molecular weight excluding hydrogens is 480 g/mol. The molecule has 1 amide bonds. The van der Waals surface area contributed by atoms with Crippen LogP contribution in [0, 0.1) is 5.41 Å². The van der Waals surface area contributed by atoms with E-state index in [1.165, 1.54) is 6.20 Å². The van der Waals surface area contributed by atoms with Crippen LogP contribution in [-0.2, 0) is 10.2 Å². The Morgan fingerprint density at radius 1 is 1.18 bits per heavy atom. The fraction of sp³-hybridized carbons (Fsp3) is 0.517. The zero-order chi connectivity index (χ0) is 26.8.